The van der Waals surface area contributed by atoms with Crippen LogP contribution in [0.2, 0.25) is 0 Å². The van der Waals surface area contributed by atoms with Crippen molar-refractivity contribution in [1.82, 2.24) is 5.32 Å². The first-order chi connectivity index (χ1) is 6.97. The minimum Gasteiger partial charge on any atom is -0.468 e. The second-order valence-electron chi connectivity index (χ2n) is 4.78. The number of methoxy groups -OCH3 is 1. The van der Waals surface area contributed by atoms with Gasteiger partial charge in [0.25, 0.3) is 0 Å². The van der Waals surface area contributed by atoms with E-state index in [0.29, 0.717) is 6.04 Å². The van der Waals surface area contributed by atoms with Gasteiger partial charge in [-0.25, -0.2) is 0 Å². The van der Waals surface area contributed by atoms with E-state index in [1.165, 1.54) is 19.3 Å². The summed E-state index contributed by atoms with van der Waals surface area (Å²) in [5.41, 5.74) is 0.271. The molecule has 0 aromatic heterocycles. The van der Waals surface area contributed by atoms with Crippen LogP contribution >= 0.6 is 11.8 Å². The number of nitrogens with one attached hydrogen (secondary N) is 1. The van der Waals surface area contributed by atoms with Crippen LogP contribution in [0.4, 0.5) is 0 Å². The Morgan fingerprint density at radius 1 is 1.60 bits per heavy atom. The summed E-state index contributed by atoms with van der Waals surface area (Å²) in [7, 11) is 1.43. The van der Waals surface area contributed by atoms with Crippen molar-refractivity contribution in [1.29, 1.82) is 0 Å². The van der Waals surface area contributed by atoms with Crippen molar-refractivity contribution in [3.05, 3.63) is 0 Å². The Morgan fingerprint density at radius 3 is 2.80 bits per heavy atom. The quantitative estimate of drug-likeness (QED) is 0.750. The Kier molecular flexibility index (Phi) is 4.46. The molecule has 0 aromatic carbocycles. The summed E-state index contributed by atoms with van der Waals surface area (Å²) >= 11 is 1.95. The van der Waals surface area contributed by atoms with E-state index < -0.39 is 0 Å². The van der Waals surface area contributed by atoms with Gasteiger partial charge in [-0.2, -0.15) is 11.8 Å². The molecule has 0 spiro atoms. The zero-order valence-electron chi connectivity index (χ0n) is 10.0. The van der Waals surface area contributed by atoms with E-state index in [1.807, 2.05) is 18.7 Å². The second kappa shape index (κ2) is 5.21. The summed E-state index contributed by atoms with van der Waals surface area (Å²) in [5, 5.41) is 3.36. The van der Waals surface area contributed by atoms with E-state index in [9.17, 15) is 4.79 Å². The zero-order chi connectivity index (χ0) is 11.5. The van der Waals surface area contributed by atoms with E-state index in [4.69, 9.17) is 4.74 Å². The van der Waals surface area contributed by atoms with Crippen molar-refractivity contribution in [2.75, 3.05) is 18.6 Å². The molecule has 0 aromatic rings. The van der Waals surface area contributed by atoms with Gasteiger partial charge in [0.1, 0.15) is 6.04 Å². The van der Waals surface area contributed by atoms with Gasteiger partial charge in [0, 0.05) is 11.8 Å². The molecule has 1 N–H and O–H groups in total. The van der Waals surface area contributed by atoms with Crippen molar-refractivity contribution in [2.45, 2.75) is 39.3 Å². The van der Waals surface area contributed by atoms with Gasteiger partial charge in [-0.05, 0) is 24.5 Å². The van der Waals surface area contributed by atoms with Crippen LogP contribution in [0.15, 0.2) is 0 Å². The maximum absolute atomic E-state index is 11.3. The summed E-state index contributed by atoms with van der Waals surface area (Å²) in [6.07, 6.45) is 1.20. The molecule has 1 heterocycles. The number of esters is 1. The fourth-order valence-corrected chi connectivity index (χ4v) is 3.38. The van der Waals surface area contributed by atoms with E-state index in [2.05, 4.69) is 19.2 Å². The minimum absolute atomic E-state index is 0.179. The highest BCUT2D eigenvalue weighted by molar-refractivity contribution is 7.99. The standard InChI is InChI=1S/C11H21NO2S/c1-8(10(13)14-4)12-9-7-15-6-5-11(9,2)3/h8-9,12H,5-7H2,1-4H3. The van der Waals surface area contributed by atoms with Crippen LogP contribution in [0.3, 0.4) is 0 Å². The summed E-state index contributed by atoms with van der Waals surface area (Å²) in [5.74, 6) is 2.12. The fourth-order valence-electron chi connectivity index (χ4n) is 1.76. The second-order valence-corrected chi connectivity index (χ2v) is 5.93. The van der Waals surface area contributed by atoms with Crippen LogP contribution in [-0.2, 0) is 9.53 Å². The molecule has 1 saturated heterocycles. The molecule has 0 bridgehead atoms. The molecule has 3 nitrogen and oxygen atoms in total. The van der Waals surface area contributed by atoms with E-state index in [1.54, 1.807) is 0 Å². The molecule has 0 radical (unpaired) electrons. The zero-order valence-corrected chi connectivity index (χ0v) is 10.8. The first-order valence-electron chi connectivity index (χ1n) is 5.39. The number of rotatable bonds is 3. The predicted octanol–water partition coefficient (Wildman–Crippen LogP) is 1.67. The summed E-state index contributed by atoms with van der Waals surface area (Å²) in [6, 6.07) is 0.184. The SMILES string of the molecule is COC(=O)C(C)NC1CSCCC1(C)C. The third-order valence-corrected chi connectivity index (χ3v) is 4.19. The summed E-state index contributed by atoms with van der Waals surface area (Å²) in [6.45, 7) is 6.38. The average molecular weight is 231 g/mol. The molecular formula is C11H21NO2S. The number of ether oxygens (including phenoxy) is 1. The normalized spacial score (nSPS) is 27.1. The van der Waals surface area contributed by atoms with Crippen LogP contribution in [0, 0.1) is 5.41 Å². The molecule has 2 atom stereocenters. The molecule has 1 aliphatic heterocycles. The van der Waals surface area contributed by atoms with E-state index in [0.717, 1.165) is 5.75 Å². The van der Waals surface area contributed by atoms with Crippen LogP contribution < -0.4 is 5.32 Å². The highest BCUT2D eigenvalue weighted by atomic mass is 32.2. The smallest absolute Gasteiger partial charge is 0.322 e. The first kappa shape index (κ1) is 12.8. The largest absolute Gasteiger partial charge is 0.468 e. The molecule has 0 aliphatic carbocycles. The highest BCUT2D eigenvalue weighted by Crippen LogP contribution is 2.34. The number of thioether (sulfide) groups is 1. The third-order valence-electron chi connectivity index (χ3n) is 3.12. The van der Waals surface area contributed by atoms with Crippen molar-refractivity contribution in [3.63, 3.8) is 0 Å². The topological polar surface area (TPSA) is 38.3 Å². The van der Waals surface area contributed by atoms with Gasteiger partial charge in [0.05, 0.1) is 7.11 Å². The van der Waals surface area contributed by atoms with Crippen molar-refractivity contribution >= 4 is 17.7 Å². The summed E-state index contributed by atoms with van der Waals surface area (Å²) < 4.78 is 4.71. The van der Waals surface area contributed by atoms with E-state index >= 15 is 0 Å². The predicted molar refractivity (Wildman–Crippen MR) is 64.1 cm³/mol. The Hall–Kier alpha value is -0.220. The lowest BCUT2D eigenvalue weighted by atomic mass is 9.82. The lowest BCUT2D eigenvalue weighted by Gasteiger charge is -2.39. The summed E-state index contributed by atoms with van der Waals surface area (Å²) in [4.78, 5) is 11.3. The maximum Gasteiger partial charge on any atom is 0.322 e. The van der Waals surface area contributed by atoms with Crippen LogP contribution in [0.5, 0.6) is 0 Å². The fraction of sp³-hybridized carbons (Fsp3) is 0.909. The van der Waals surface area contributed by atoms with Crippen LogP contribution in [0.25, 0.3) is 0 Å². The lowest BCUT2D eigenvalue weighted by molar-refractivity contribution is -0.143. The van der Waals surface area contributed by atoms with Gasteiger partial charge in [-0.3, -0.25) is 4.79 Å². The maximum atomic E-state index is 11.3. The number of hydrogen-bond donors (Lipinski definition) is 1. The third kappa shape index (κ3) is 3.38. The van der Waals surface area contributed by atoms with Crippen LogP contribution in [0.1, 0.15) is 27.2 Å². The highest BCUT2D eigenvalue weighted by Gasteiger charge is 2.34. The van der Waals surface area contributed by atoms with E-state index in [-0.39, 0.29) is 17.4 Å². The van der Waals surface area contributed by atoms with Gasteiger partial charge in [-0.15, -0.1) is 0 Å². The Bertz CT molecular complexity index is 231. The Labute approximate surface area is 96.3 Å². The van der Waals surface area contributed by atoms with Crippen molar-refractivity contribution in [3.8, 4) is 0 Å². The molecule has 88 valence electrons. The Balaban J connectivity index is 2.52. The lowest BCUT2D eigenvalue weighted by Crippen LogP contribution is -2.52. The molecule has 0 saturated carbocycles. The molecule has 15 heavy (non-hydrogen) atoms. The van der Waals surface area contributed by atoms with Gasteiger partial charge >= 0.3 is 5.97 Å². The van der Waals surface area contributed by atoms with Gasteiger partial charge < -0.3 is 10.1 Å². The molecular weight excluding hydrogens is 210 g/mol. The number of carbonyl (C=O) groups excluding carboxylic acids is 1. The molecule has 1 rings (SSSR count). The molecule has 2 unspecified atom stereocenters. The average Bonchev–Trinajstić information content (AvgIpc) is 2.19. The van der Waals surface area contributed by atoms with Crippen molar-refractivity contribution in [2.24, 2.45) is 5.41 Å². The van der Waals surface area contributed by atoms with Gasteiger partial charge in [0.2, 0.25) is 0 Å². The molecule has 4 heteroatoms. The number of hydrogen-bond acceptors (Lipinski definition) is 4. The van der Waals surface area contributed by atoms with Crippen LogP contribution in [-0.4, -0.2) is 36.7 Å². The molecule has 0 amide bonds. The minimum atomic E-state index is -0.210. The van der Waals surface area contributed by atoms with Crippen molar-refractivity contribution < 1.29 is 9.53 Å². The molecule has 1 aliphatic rings. The monoisotopic (exact) mass is 231 g/mol. The molecule has 1 fully saturated rings. The number of carbonyl (C=O) groups is 1. The Morgan fingerprint density at radius 2 is 2.27 bits per heavy atom. The van der Waals surface area contributed by atoms with Gasteiger partial charge in [-0.1, -0.05) is 13.8 Å². The van der Waals surface area contributed by atoms with Gasteiger partial charge in [0.15, 0.2) is 0 Å². The first-order valence-corrected chi connectivity index (χ1v) is 6.54.